The van der Waals surface area contributed by atoms with E-state index in [9.17, 15) is 14.4 Å². The molecule has 3 aromatic carbocycles. The summed E-state index contributed by atoms with van der Waals surface area (Å²) in [6, 6.07) is 17.9. The second kappa shape index (κ2) is 12.4. The first-order valence-corrected chi connectivity index (χ1v) is 13.5. The zero-order valence-electron chi connectivity index (χ0n) is 21.4. The summed E-state index contributed by atoms with van der Waals surface area (Å²) in [5, 5.41) is 6.20. The lowest BCUT2D eigenvalue weighted by Crippen LogP contribution is -2.40. The summed E-state index contributed by atoms with van der Waals surface area (Å²) >= 11 is 6.85. The monoisotopic (exact) mass is 656 g/mol. The first-order valence-electron chi connectivity index (χ1n) is 11.9. The Hall–Kier alpha value is -3.83. The average molecular weight is 658 g/mol. The Morgan fingerprint density at radius 2 is 1.56 bits per heavy atom. The zero-order chi connectivity index (χ0) is 28.1. The molecule has 4 aromatic rings. The Morgan fingerprint density at radius 3 is 2.28 bits per heavy atom. The van der Waals surface area contributed by atoms with E-state index in [4.69, 9.17) is 9.47 Å². The van der Waals surface area contributed by atoms with E-state index in [1.807, 2.05) is 37.3 Å². The topological polar surface area (TPSA) is 111 Å². The standard InChI is InChI=1S/C28H26Br2N4O5/c1-16-12-19(29)5-7-21(16)32-26(35)23-15-18-14-20(30)6-8-22(18)34(23)33-28(37)27(36)31-11-10-17-4-9-24(38-2)25(13-17)39-3/h4-9,12-15H,10-11H2,1-3H3,(H,31,36)(H,32,35)(H,33,37). The lowest BCUT2D eigenvalue weighted by molar-refractivity contribution is -0.136. The summed E-state index contributed by atoms with van der Waals surface area (Å²) in [6.45, 7) is 2.10. The van der Waals surface area contributed by atoms with Gasteiger partial charge < -0.3 is 20.1 Å². The van der Waals surface area contributed by atoms with Gasteiger partial charge in [-0.2, -0.15) is 0 Å². The number of anilines is 1. The maximum Gasteiger partial charge on any atom is 0.328 e. The van der Waals surface area contributed by atoms with E-state index in [2.05, 4.69) is 47.9 Å². The quantitative estimate of drug-likeness (QED) is 0.227. The van der Waals surface area contributed by atoms with Crippen LogP contribution < -0.4 is 25.5 Å². The number of hydrogen-bond acceptors (Lipinski definition) is 5. The fourth-order valence-corrected chi connectivity index (χ4v) is 4.87. The van der Waals surface area contributed by atoms with Gasteiger partial charge in [-0.3, -0.25) is 19.8 Å². The van der Waals surface area contributed by atoms with Crippen LogP contribution in [0.3, 0.4) is 0 Å². The number of carbonyl (C=O) groups excluding carboxylic acids is 3. The molecule has 0 spiro atoms. The van der Waals surface area contributed by atoms with E-state index in [0.29, 0.717) is 34.5 Å². The van der Waals surface area contributed by atoms with Crippen LogP contribution in [0.15, 0.2) is 69.6 Å². The first-order chi connectivity index (χ1) is 18.7. The zero-order valence-corrected chi connectivity index (χ0v) is 24.6. The highest BCUT2D eigenvalue weighted by Gasteiger charge is 2.21. The molecule has 202 valence electrons. The number of carbonyl (C=O) groups is 3. The maximum atomic E-state index is 13.3. The van der Waals surface area contributed by atoms with Crippen LogP contribution in [0.4, 0.5) is 5.69 Å². The highest BCUT2D eigenvalue weighted by molar-refractivity contribution is 9.10. The minimum absolute atomic E-state index is 0.164. The summed E-state index contributed by atoms with van der Waals surface area (Å²) < 4.78 is 13.6. The lowest BCUT2D eigenvalue weighted by atomic mass is 10.1. The molecule has 0 bridgehead atoms. The Balaban J connectivity index is 1.49. The van der Waals surface area contributed by atoms with E-state index in [-0.39, 0.29) is 12.2 Å². The summed E-state index contributed by atoms with van der Waals surface area (Å²) in [5.41, 5.74) is 5.68. The number of aromatic nitrogens is 1. The van der Waals surface area contributed by atoms with Crippen LogP contribution in [0, 0.1) is 6.92 Å². The molecule has 9 nitrogen and oxygen atoms in total. The van der Waals surface area contributed by atoms with Crippen LogP contribution in [-0.4, -0.2) is 43.2 Å². The minimum atomic E-state index is -0.906. The number of aryl methyl sites for hydroxylation is 1. The number of ether oxygens (including phenoxy) is 2. The normalized spacial score (nSPS) is 10.7. The summed E-state index contributed by atoms with van der Waals surface area (Å²) in [7, 11) is 3.10. The highest BCUT2D eigenvalue weighted by Crippen LogP contribution is 2.28. The van der Waals surface area contributed by atoms with Gasteiger partial charge in [0.1, 0.15) is 5.69 Å². The fourth-order valence-electron chi connectivity index (χ4n) is 4.02. The van der Waals surface area contributed by atoms with Crippen molar-refractivity contribution < 1.29 is 23.9 Å². The van der Waals surface area contributed by atoms with E-state index in [1.165, 1.54) is 4.68 Å². The Labute approximate surface area is 242 Å². The molecule has 0 radical (unpaired) electrons. The van der Waals surface area contributed by atoms with Crippen LogP contribution in [-0.2, 0) is 16.0 Å². The van der Waals surface area contributed by atoms with Crippen LogP contribution in [0.5, 0.6) is 11.5 Å². The van der Waals surface area contributed by atoms with Gasteiger partial charge in [-0.25, -0.2) is 4.68 Å². The predicted octanol–water partition coefficient (Wildman–Crippen LogP) is 5.17. The smallest absolute Gasteiger partial charge is 0.328 e. The molecule has 4 rings (SSSR count). The van der Waals surface area contributed by atoms with Crippen LogP contribution in [0.1, 0.15) is 21.6 Å². The van der Waals surface area contributed by atoms with Crippen molar-refractivity contribution in [1.29, 1.82) is 0 Å². The van der Waals surface area contributed by atoms with Gasteiger partial charge in [-0.15, -0.1) is 0 Å². The van der Waals surface area contributed by atoms with Crippen molar-refractivity contribution in [2.24, 2.45) is 0 Å². The van der Waals surface area contributed by atoms with Crippen molar-refractivity contribution in [3.63, 3.8) is 0 Å². The molecule has 3 N–H and O–H groups in total. The van der Waals surface area contributed by atoms with E-state index >= 15 is 0 Å². The number of hydrogen-bond donors (Lipinski definition) is 3. The minimum Gasteiger partial charge on any atom is -0.493 e. The molecular formula is C28H26Br2N4O5. The number of methoxy groups -OCH3 is 2. The lowest BCUT2D eigenvalue weighted by Gasteiger charge is -2.14. The highest BCUT2D eigenvalue weighted by atomic mass is 79.9. The second-order valence-corrected chi connectivity index (χ2v) is 10.4. The molecule has 0 unspecified atom stereocenters. The van der Waals surface area contributed by atoms with Gasteiger partial charge in [0.25, 0.3) is 5.91 Å². The van der Waals surface area contributed by atoms with Crippen molar-refractivity contribution in [3.8, 4) is 11.5 Å². The average Bonchev–Trinajstić information content (AvgIpc) is 3.27. The second-order valence-electron chi connectivity index (χ2n) is 8.62. The number of halogens is 2. The summed E-state index contributed by atoms with van der Waals surface area (Å²) in [6.07, 6.45) is 0.472. The maximum absolute atomic E-state index is 13.3. The summed E-state index contributed by atoms with van der Waals surface area (Å²) in [4.78, 5) is 38.8. The van der Waals surface area contributed by atoms with Crippen LogP contribution >= 0.6 is 31.9 Å². The molecule has 0 atom stereocenters. The Bertz CT molecular complexity index is 1570. The van der Waals surface area contributed by atoms with Crippen LogP contribution in [0.25, 0.3) is 10.9 Å². The molecule has 3 amide bonds. The molecule has 39 heavy (non-hydrogen) atoms. The molecule has 0 aliphatic heterocycles. The van der Waals surface area contributed by atoms with E-state index in [0.717, 1.165) is 20.1 Å². The van der Waals surface area contributed by atoms with Crippen LogP contribution in [0.2, 0.25) is 0 Å². The molecule has 1 heterocycles. The van der Waals surface area contributed by atoms with Gasteiger partial charge in [0.15, 0.2) is 11.5 Å². The van der Waals surface area contributed by atoms with Crippen molar-refractivity contribution in [2.75, 3.05) is 31.5 Å². The van der Waals surface area contributed by atoms with E-state index < -0.39 is 17.7 Å². The largest absolute Gasteiger partial charge is 0.493 e. The Kier molecular flexibility index (Phi) is 8.93. The third kappa shape index (κ3) is 6.61. The number of fused-ring (bicyclic) bond motifs is 1. The molecule has 0 aliphatic rings. The van der Waals surface area contributed by atoms with Gasteiger partial charge in [0.2, 0.25) is 0 Å². The Morgan fingerprint density at radius 1 is 0.846 bits per heavy atom. The molecule has 0 aliphatic carbocycles. The number of nitrogens with one attached hydrogen (secondary N) is 3. The van der Waals surface area contributed by atoms with E-state index in [1.54, 1.807) is 44.6 Å². The van der Waals surface area contributed by atoms with Gasteiger partial charge in [0.05, 0.1) is 19.7 Å². The molecular weight excluding hydrogens is 632 g/mol. The summed E-state index contributed by atoms with van der Waals surface area (Å²) in [5.74, 6) is -0.997. The van der Waals surface area contributed by atoms with Crippen molar-refractivity contribution >= 4 is 66.2 Å². The van der Waals surface area contributed by atoms with Gasteiger partial charge in [-0.1, -0.05) is 37.9 Å². The molecule has 1 aromatic heterocycles. The predicted molar refractivity (Wildman–Crippen MR) is 157 cm³/mol. The number of amides is 3. The fraction of sp³-hybridized carbons (Fsp3) is 0.179. The van der Waals surface area contributed by atoms with Gasteiger partial charge >= 0.3 is 11.8 Å². The molecule has 0 saturated carbocycles. The third-order valence-corrected chi connectivity index (χ3v) is 6.99. The SMILES string of the molecule is COc1ccc(CCNC(=O)C(=O)Nn2c(C(=O)Nc3ccc(Br)cc3C)cc3cc(Br)ccc32)cc1OC. The third-order valence-electron chi connectivity index (χ3n) is 6.00. The molecule has 11 heteroatoms. The molecule has 0 saturated heterocycles. The number of rotatable bonds is 8. The van der Waals surface area contributed by atoms with Crippen molar-refractivity contribution in [2.45, 2.75) is 13.3 Å². The van der Waals surface area contributed by atoms with Gasteiger partial charge in [-0.05, 0) is 79.1 Å². The van der Waals surface area contributed by atoms with Gasteiger partial charge in [0, 0.05) is 26.6 Å². The molecule has 0 fully saturated rings. The number of benzene rings is 3. The van der Waals surface area contributed by atoms with Crippen molar-refractivity contribution in [3.05, 3.63) is 86.4 Å². The van der Waals surface area contributed by atoms with Crippen molar-refractivity contribution in [1.82, 2.24) is 9.99 Å². The first kappa shape index (κ1) is 28.2. The number of nitrogens with zero attached hydrogens (tertiary/aromatic N) is 1.